The van der Waals surface area contributed by atoms with E-state index in [-0.39, 0.29) is 23.1 Å². The van der Waals surface area contributed by atoms with E-state index in [1.807, 2.05) is 0 Å². The second-order valence-electron chi connectivity index (χ2n) is 0. The van der Waals surface area contributed by atoms with Gasteiger partial charge in [0.25, 0.3) is 0 Å². The largest absolute Gasteiger partial charge is 2.00 e. The first kappa shape index (κ1) is 16.1. The van der Waals surface area contributed by atoms with Crippen LogP contribution in [0.15, 0.2) is 0 Å². The van der Waals surface area contributed by atoms with Gasteiger partial charge in [-0.1, -0.05) is 0 Å². The summed E-state index contributed by atoms with van der Waals surface area (Å²) in [5.74, 6) is 0. The van der Waals surface area contributed by atoms with Gasteiger partial charge in [0.15, 0.2) is 0 Å². The predicted molar refractivity (Wildman–Crippen MR) is 32.3 cm³/mol. The van der Waals surface area contributed by atoms with E-state index >= 15 is 0 Å². The molecular weight excluding hydrogens is 112 g/mol. The van der Waals surface area contributed by atoms with Crippen molar-refractivity contribution in [3.63, 3.8) is 0 Å². The number of rotatable bonds is 0. The third kappa shape index (κ3) is 30.5. The third-order valence-electron chi connectivity index (χ3n) is 0. The van der Waals surface area contributed by atoms with E-state index in [1.54, 1.807) is 12.5 Å². The molecule has 28 valence electrons. The van der Waals surface area contributed by atoms with Crippen LogP contribution < -0.4 is 0 Å². The molecule has 0 aromatic carbocycles. The normalized spacial score (nSPS) is 2.40. The summed E-state index contributed by atoms with van der Waals surface area (Å²) in [6.07, 6.45) is 3.17. The molecule has 5 heavy (non-hydrogen) atoms. The van der Waals surface area contributed by atoms with Crippen LogP contribution in [0.2, 0.25) is 0 Å². The van der Waals surface area contributed by atoms with Crippen LogP contribution in [0.3, 0.4) is 0 Å². The Morgan fingerprint density at radius 1 is 0.800 bits per heavy atom. The monoisotopic (exact) mass is 118 g/mol. The van der Waals surface area contributed by atoms with Gasteiger partial charge in [0.1, 0.15) is 0 Å². The van der Waals surface area contributed by atoms with E-state index in [2.05, 4.69) is 25.3 Å². The Morgan fingerprint density at radius 3 is 0.800 bits per heavy atom. The Morgan fingerprint density at radius 2 is 0.800 bits per heavy atom. The third-order valence-corrected chi connectivity index (χ3v) is 0. The van der Waals surface area contributed by atoms with Gasteiger partial charge in [-0.15, -0.1) is 0 Å². The van der Waals surface area contributed by atoms with Crippen LogP contribution in [0.5, 0.6) is 0 Å². The molecule has 0 atom stereocenters. The molecule has 0 saturated heterocycles. The molecule has 0 N–H and O–H groups in total. The summed E-state index contributed by atoms with van der Waals surface area (Å²) < 4.78 is 0. The van der Waals surface area contributed by atoms with Crippen molar-refractivity contribution in [3.05, 3.63) is 0 Å². The van der Waals surface area contributed by atoms with Crippen molar-refractivity contribution in [1.82, 2.24) is 0 Å². The summed E-state index contributed by atoms with van der Waals surface area (Å²) >= 11 is 8.17. The Labute approximate surface area is 60.7 Å². The SMILES string of the molecule is C[S-].C[S-].[Mg+2]. The maximum Gasteiger partial charge on any atom is 2.00 e. The molecule has 3 heteroatoms. The summed E-state index contributed by atoms with van der Waals surface area (Å²) in [7, 11) is 0. The first-order valence-corrected chi connectivity index (χ1v) is 2.45. The zero-order valence-corrected chi connectivity index (χ0v) is 6.57. The van der Waals surface area contributed by atoms with Crippen LogP contribution in [0, 0.1) is 0 Å². The maximum atomic E-state index is 4.08. The molecule has 0 bridgehead atoms. The van der Waals surface area contributed by atoms with Gasteiger partial charge in [-0.05, 0) is 0 Å². The molecule has 0 nitrogen and oxygen atoms in total. The van der Waals surface area contributed by atoms with Crippen molar-refractivity contribution >= 4 is 48.3 Å². The van der Waals surface area contributed by atoms with Crippen LogP contribution in [0.1, 0.15) is 0 Å². The number of hydrogen-bond donors (Lipinski definition) is 0. The quantitative estimate of drug-likeness (QED) is 0.323. The van der Waals surface area contributed by atoms with E-state index in [9.17, 15) is 0 Å². The van der Waals surface area contributed by atoms with Crippen LogP contribution in [0.4, 0.5) is 0 Å². The summed E-state index contributed by atoms with van der Waals surface area (Å²) in [5.41, 5.74) is 0. The minimum absolute atomic E-state index is 0. The molecule has 0 heterocycles. The van der Waals surface area contributed by atoms with Crippen molar-refractivity contribution in [1.29, 1.82) is 0 Å². The molecule has 0 aliphatic carbocycles. The molecule has 0 saturated carbocycles. The zero-order chi connectivity index (χ0) is 4.00. The summed E-state index contributed by atoms with van der Waals surface area (Å²) in [5, 5.41) is 0. The average Bonchev–Trinajstić information content (AvgIpc) is 1.50. The smallest absolute Gasteiger partial charge is 0.796 e. The summed E-state index contributed by atoms with van der Waals surface area (Å²) in [6, 6.07) is 0. The van der Waals surface area contributed by atoms with Gasteiger partial charge in [0.2, 0.25) is 0 Å². The van der Waals surface area contributed by atoms with Gasteiger partial charge >= 0.3 is 23.1 Å². The Kier molecular flexibility index (Phi) is 163. The van der Waals surface area contributed by atoms with Gasteiger partial charge < -0.3 is 25.3 Å². The van der Waals surface area contributed by atoms with Crippen molar-refractivity contribution in [2.45, 2.75) is 0 Å². The van der Waals surface area contributed by atoms with Crippen molar-refractivity contribution in [3.8, 4) is 0 Å². The van der Waals surface area contributed by atoms with Gasteiger partial charge in [-0.3, -0.25) is 0 Å². The Balaban J connectivity index is -0.0000000133. The number of hydrogen-bond acceptors (Lipinski definition) is 2. The molecule has 0 amide bonds. The van der Waals surface area contributed by atoms with Gasteiger partial charge in [-0.2, -0.15) is 12.5 Å². The minimum atomic E-state index is 0. The molecular formula is C2H6MgS2. The van der Waals surface area contributed by atoms with Crippen LogP contribution in [-0.2, 0) is 25.3 Å². The first-order chi connectivity index (χ1) is 2.00. The molecule has 0 radical (unpaired) electrons. The van der Waals surface area contributed by atoms with Crippen LogP contribution >= 0.6 is 0 Å². The second kappa shape index (κ2) is 50.7. The minimum Gasteiger partial charge on any atom is -0.796 e. The molecule has 0 aromatic rings. The van der Waals surface area contributed by atoms with E-state index < -0.39 is 0 Å². The van der Waals surface area contributed by atoms with Gasteiger partial charge in [-0.25, -0.2) is 0 Å². The second-order valence-corrected chi connectivity index (χ2v) is 0. The molecule has 0 fully saturated rings. The molecule has 0 aliphatic heterocycles. The first-order valence-electron chi connectivity index (χ1n) is 0.816. The van der Waals surface area contributed by atoms with Crippen LogP contribution in [0.25, 0.3) is 0 Å². The zero-order valence-electron chi connectivity index (χ0n) is 3.52. The standard InChI is InChI=1S/2CH4S.Mg/c2*1-2;/h2*2H,1H3;/q;;+2/p-2. The van der Waals surface area contributed by atoms with Crippen molar-refractivity contribution in [2.75, 3.05) is 12.5 Å². The average molecular weight is 119 g/mol. The Bertz CT molecular complexity index is 7.61. The summed E-state index contributed by atoms with van der Waals surface area (Å²) in [6.45, 7) is 0. The predicted octanol–water partition coefficient (Wildman–Crippen LogP) is -0.0546. The maximum absolute atomic E-state index is 4.08. The molecule has 0 aromatic heterocycles. The van der Waals surface area contributed by atoms with Crippen molar-refractivity contribution < 1.29 is 0 Å². The molecule has 0 spiro atoms. The summed E-state index contributed by atoms with van der Waals surface area (Å²) in [4.78, 5) is 0. The Hall–Kier alpha value is 1.47. The van der Waals surface area contributed by atoms with E-state index in [4.69, 9.17) is 0 Å². The van der Waals surface area contributed by atoms with Crippen LogP contribution in [-0.4, -0.2) is 35.6 Å². The van der Waals surface area contributed by atoms with Gasteiger partial charge in [0.05, 0.1) is 0 Å². The van der Waals surface area contributed by atoms with Crippen molar-refractivity contribution in [2.24, 2.45) is 0 Å². The van der Waals surface area contributed by atoms with Gasteiger partial charge in [0, 0.05) is 0 Å². The molecule has 0 aliphatic rings. The fourth-order valence-corrected chi connectivity index (χ4v) is 0. The van der Waals surface area contributed by atoms with E-state index in [1.165, 1.54) is 0 Å². The molecule has 0 rings (SSSR count). The molecule has 0 unspecified atom stereocenters. The van der Waals surface area contributed by atoms with E-state index in [0.717, 1.165) is 0 Å². The fraction of sp³-hybridized carbons (Fsp3) is 1.00. The fourth-order valence-electron chi connectivity index (χ4n) is 0. The topological polar surface area (TPSA) is 0 Å². The van der Waals surface area contributed by atoms with E-state index in [0.29, 0.717) is 0 Å².